The van der Waals surface area contributed by atoms with Crippen molar-refractivity contribution in [1.29, 1.82) is 0 Å². The Balaban J connectivity index is 1.42. The third-order valence-electron chi connectivity index (χ3n) is 5.31. The first-order chi connectivity index (χ1) is 13.2. The van der Waals surface area contributed by atoms with Crippen LogP contribution in [0.5, 0.6) is 0 Å². The summed E-state index contributed by atoms with van der Waals surface area (Å²) in [6.07, 6.45) is 5.76. The largest absolute Gasteiger partial charge is 0.298 e. The van der Waals surface area contributed by atoms with E-state index < -0.39 is 0 Å². The van der Waals surface area contributed by atoms with Crippen molar-refractivity contribution in [3.05, 3.63) is 53.2 Å². The smallest absolute Gasteiger partial charge is 0.170 e. The Morgan fingerprint density at radius 2 is 2.11 bits per heavy atom. The number of aromatic nitrogens is 6. The number of benzene rings is 1. The highest BCUT2D eigenvalue weighted by Gasteiger charge is 2.25. The topological polar surface area (TPSA) is 64.1 Å². The lowest BCUT2D eigenvalue weighted by atomic mass is 9.97. The molecule has 1 unspecified atom stereocenters. The molecule has 1 aliphatic heterocycles. The summed E-state index contributed by atoms with van der Waals surface area (Å²) in [5.74, 6) is 1.20. The van der Waals surface area contributed by atoms with E-state index in [1.54, 1.807) is 21.7 Å². The van der Waals surface area contributed by atoms with Gasteiger partial charge in [-0.2, -0.15) is 5.10 Å². The highest BCUT2D eigenvalue weighted by molar-refractivity contribution is 6.31. The average Bonchev–Trinajstić information content (AvgIpc) is 3.28. The average molecular weight is 382 g/mol. The van der Waals surface area contributed by atoms with Crippen LogP contribution in [0.2, 0.25) is 5.02 Å². The molecule has 0 aliphatic carbocycles. The van der Waals surface area contributed by atoms with Gasteiger partial charge in [-0.15, -0.1) is 5.10 Å². The molecule has 0 N–H and O–H groups in total. The minimum atomic E-state index is 0.313. The second-order valence-electron chi connectivity index (χ2n) is 7.15. The lowest BCUT2D eigenvalue weighted by Crippen LogP contribution is -2.34. The van der Waals surface area contributed by atoms with Crippen LogP contribution in [0.4, 0.5) is 0 Å². The second kappa shape index (κ2) is 6.58. The van der Waals surface area contributed by atoms with Gasteiger partial charge in [0.25, 0.3) is 0 Å². The minimum Gasteiger partial charge on any atom is -0.298 e. The van der Waals surface area contributed by atoms with Gasteiger partial charge in [0, 0.05) is 31.1 Å². The van der Waals surface area contributed by atoms with Crippen LogP contribution in [0, 0.1) is 0 Å². The van der Waals surface area contributed by atoms with E-state index >= 15 is 0 Å². The number of hydrogen-bond acceptors (Lipinski definition) is 5. The summed E-state index contributed by atoms with van der Waals surface area (Å²) in [6, 6.07) is 8.06. The van der Waals surface area contributed by atoms with Crippen molar-refractivity contribution in [1.82, 2.24) is 34.3 Å². The summed E-state index contributed by atoms with van der Waals surface area (Å²) < 4.78 is 3.53. The zero-order valence-electron chi connectivity index (χ0n) is 15.1. The van der Waals surface area contributed by atoms with Crippen molar-refractivity contribution in [2.45, 2.75) is 25.3 Å². The van der Waals surface area contributed by atoms with Crippen molar-refractivity contribution >= 4 is 28.3 Å². The molecule has 3 aromatic heterocycles. The zero-order chi connectivity index (χ0) is 18.4. The molecule has 7 nitrogen and oxygen atoms in total. The fourth-order valence-electron chi connectivity index (χ4n) is 3.91. The Morgan fingerprint density at radius 3 is 3.00 bits per heavy atom. The van der Waals surface area contributed by atoms with Crippen LogP contribution in [0.25, 0.3) is 16.7 Å². The minimum absolute atomic E-state index is 0.313. The highest BCUT2D eigenvalue weighted by Crippen LogP contribution is 2.28. The van der Waals surface area contributed by atoms with Crippen LogP contribution < -0.4 is 0 Å². The normalized spacial score (nSPS) is 18.5. The van der Waals surface area contributed by atoms with Crippen molar-refractivity contribution in [2.75, 3.05) is 13.1 Å². The predicted molar refractivity (Wildman–Crippen MR) is 104 cm³/mol. The van der Waals surface area contributed by atoms with Gasteiger partial charge in [-0.3, -0.25) is 9.58 Å². The molecule has 0 radical (unpaired) electrons. The van der Waals surface area contributed by atoms with Crippen LogP contribution in [-0.2, 0) is 13.6 Å². The Hall–Kier alpha value is -2.51. The fourth-order valence-corrected chi connectivity index (χ4v) is 4.10. The number of halogens is 1. The van der Waals surface area contributed by atoms with E-state index in [0.717, 1.165) is 60.0 Å². The van der Waals surface area contributed by atoms with Gasteiger partial charge in [-0.1, -0.05) is 29.8 Å². The van der Waals surface area contributed by atoms with Crippen molar-refractivity contribution in [3.8, 4) is 0 Å². The molecule has 138 valence electrons. The van der Waals surface area contributed by atoms with Gasteiger partial charge in [0.2, 0.25) is 0 Å². The third kappa shape index (κ3) is 2.96. The first-order valence-electron chi connectivity index (χ1n) is 9.18. The van der Waals surface area contributed by atoms with Gasteiger partial charge in [0.1, 0.15) is 6.33 Å². The number of rotatable bonds is 3. The molecule has 1 aliphatic rings. The van der Waals surface area contributed by atoms with Crippen LogP contribution in [0.3, 0.4) is 0 Å². The summed E-state index contributed by atoms with van der Waals surface area (Å²) in [5.41, 5.74) is 2.82. The van der Waals surface area contributed by atoms with E-state index in [1.807, 2.05) is 25.2 Å². The first kappa shape index (κ1) is 16.6. The van der Waals surface area contributed by atoms with Crippen LogP contribution in [0.15, 0.2) is 36.8 Å². The molecule has 4 heterocycles. The molecule has 4 aromatic rings. The van der Waals surface area contributed by atoms with E-state index in [9.17, 15) is 0 Å². The second-order valence-corrected chi connectivity index (χ2v) is 7.56. The van der Waals surface area contributed by atoms with Gasteiger partial charge < -0.3 is 0 Å². The molecule has 0 bridgehead atoms. The first-order valence-corrected chi connectivity index (χ1v) is 9.55. The molecule has 5 rings (SSSR count). The van der Waals surface area contributed by atoms with Crippen molar-refractivity contribution < 1.29 is 0 Å². The van der Waals surface area contributed by atoms with E-state index in [1.165, 1.54) is 5.56 Å². The van der Waals surface area contributed by atoms with E-state index in [4.69, 9.17) is 21.7 Å². The number of nitrogens with zero attached hydrogens (tertiary/aromatic N) is 7. The SMILES string of the molecule is Cn1ncc2c1ncn1nc(C3CCCN(Cc4ccccc4Cl)C3)nc21. The molecule has 8 heteroatoms. The monoisotopic (exact) mass is 381 g/mol. The van der Waals surface area contributed by atoms with Crippen molar-refractivity contribution in [2.24, 2.45) is 7.05 Å². The van der Waals surface area contributed by atoms with Crippen LogP contribution in [-0.4, -0.2) is 47.4 Å². The number of hydrogen-bond donors (Lipinski definition) is 0. The van der Waals surface area contributed by atoms with Crippen LogP contribution >= 0.6 is 11.6 Å². The van der Waals surface area contributed by atoms with Gasteiger partial charge in [-0.25, -0.2) is 14.5 Å². The maximum Gasteiger partial charge on any atom is 0.170 e. The maximum absolute atomic E-state index is 6.34. The lowest BCUT2D eigenvalue weighted by molar-refractivity contribution is 0.196. The van der Waals surface area contributed by atoms with Crippen molar-refractivity contribution in [3.63, 3.8) is 0 Å². The highest BCUT2D eigenvalue weighted by atomic mass is 35.5. The molecule has 1 saturated heterocycles. The summed E-state index contributed by atoms with van der Waals surface area (Å²) in [7, 11) is 1.89. The molecule has 0 amide bonds. The zero-order valence-corrected chi connectivity index (χ0v) is 15.8. The molecule has 0 spiro atoms. The molecule has 1 atom stereocenters. The summed E-state index contributed by atoms with van der Waals surface area (Å²) in [4.78, 5) is 11.7. The molecule has 0 saturated carbocycles. The summed E-state index contributed by atoms with van der Waals surface area (Å²) >= 11 is 6.34. The Morgan fingerprint density at radius 1 is 1.22 bits per heavy atom. The molecular formula is C19H20ClN7. The summed E-state index contributed by atoms with van der Waals surface area (Å²) in [5, 5.41) is 10.8. The quantitative estimate of drug-likeness (QED) is 0.545. The number of aryl methyl sites for hydroxylation is 1. The van der Waals surface area contributed by atoms with Gasteiger partial charge in [0.15, 0.2) is 17.1 Å². The third-order valence-corrected chi connectivity index (χ3v) is 5.68. The van der Waals surface area contributed by atoms with Gasteiger partial charge >= 0.3 is 0 Å². The molecule has 1 fully saturated rings. The van der Waals surface area contributed by atoms with E-state index in [0.29, 0.717) is 5.92 Å². The maximum atomic E-state index is 6.34. The lowest BCUT2D eigenvalue weighted by Gasteiger charge is -2.31. The summed E-state index contributed by atoms with van der Waals surface area (Å²) in [6.45, 7) is 2.87. The fraction of sp³-hybridized carbons (Fsp3) is 0.368. The van der Waals surface area contributed by atoms with Gasteiger partial charge in [-0.05, 0) is 31.0 Å². The number of fused-ring (bicyclic) bond motifs is 3. The Bertz CT molecular complexity index is 1120. The Kier molecular flexibility index (Phi) is 4.06. The number of likely N-dealkylation sites (tertiary alicyclic amines) is 1. The molecule has 1 aromatic carbocycles. The van der Waals surface area contributed by atoms with E-state index in [-0.39, 0.29) is 0 Å². The standard InChI is InChI=1S/C19H20ClN7/c1-25-18-15(9-22-25)19-23-17(24-27(19)12-21-18)14-6-4-8-26(11-14)10-13-5-2-3-7-16(13)20/h2-3,5,7,9,12,14H,4,6,8,10-11H2,1H3. The van der Waals surface area contributed by atoms with Gasteiger partial charge in [0.05, 0.1) is 11.6 Å². The molecular weight excluding hydrogens is 362 g/mol. The molecule has 27 heavy (non-hydrogen) atoms. The predicted octanol–water partition coefficient (Wildman–Crippen LogP) is 3.04. The number of piperidine rings is 1. The Labute approximate surface area is 161 Å². The van der Waals surface area contributed by atoms with Crippen LogP contribution in [0.1, 0.15) is 30.1 Å². The van der Waals surface area contributed by atoms with E-state index in [2.05, 4.69) is 21.0 Å².